The van der Waals surface area contributed by atoms with Gasteiger partial charge in [0.25, 0.3) is 5.91 Å². The van der Waals surface area contributed by atoms with Crippen LogP contribution in [0.3, 0.4) is 0 Å². The van der Waals surface area contributed by atoms with Crippen molar-refractivity contribution in [3.8, 4) is 0 Å². The van der Waals surface area contributed by atoms with E-state index in [-0.39, 0.29) is 18.3 Å². The molecule has 1 aromatic rings. The molecule has 0 radical (unpaired) electrons. The van der Waals surface area contributed by atoms with E-state index >= 15 is 0 Å². The molecule has 0 spiro atoms. The van der Waals surface area contributed by atoms with Crippen LogP contribution in [0.15, 0.2) is 0 Å². The van der Waals surface area contributed by atoms with Crippen molar-refractivity contribution in [2.75, 3.05) is 13.1 Å². The zero-order valence-corrected chi connectivity index (χ0v) is 13.6. The predicted molar refractivity (Wildman–Crippen MR) is 84.8 cm³/mol. The van der Waals surface area contributed by atoms with Gasteiger partial charge in [-0.2, -0.15) is 5.10 Å². The smallest absolute Gasteiger partial charge is 0.274 e. The number of H-pyrrole nitrogens is 1. The molecule has 118 valence electrons. The molecule has 6 heteroatoms. The molecule has 0 atom stereocenters. The number of hydrogen-bond donors (Lipinski definition) is 2. The minimum atomic E-state index is 0. The van der Waals surface area contributed by atoms with Crippen LogP contribution >= 0.6 is 12.4 Å². The normalized spacial score (nSPS) is 17.3. The van der Waals surface area contributed by atoms with Gasteiger partial charge in [0.1, 0.15) is 0 Å². The van der Waals surface area contributed by atoms with E-state index in [0.717, 1.165) is 56.6 Å². The quantitative estimate of drug-likeness (QED) is 0.875. The fraction of sp³-hybridized carbons (Fsp3) is 0.733. The third kappa shape index (κ3) is 3.58. The minimum Gasteiger partial charge on any atom is -0.334 e. The van der Waals surface area contributed by atoms with Gasteiger partial charge in [0, 0.05) is 43.4 Å². The Balaban J connectivity index is 0.00000161. The van der Waals surface area contributed by atoms with E-state index in [2.05, 4.69) is 29.4 Å². The van der Waals surface area contributed by atoms with Crippen LogP contribution < -0.4 is 5.32 Å². The molecule has 5 nitrogen and oxygen atoms in total. The summed E-state index contributed by atoms with van der Waals surface area (Å²) < 4.78 is 0. The highest BCUT2D eigenvalue weighted by Gasteiger charge is 2.35. The van der Waals surface area contributed by atoms with Crippen LogP contribution in [-0.2, 0) is 13.0 Å². The number of rotatable bonds is 5. The molecule has 0 unspecified atom stereocenters. The van der Waals surface area contributed by atoms with Gasteiger partial charge < -0.3 is 10.2 Å². The number of halogens is 1. The number of nitrogens with zero attached hydrogens (tertiary/aromatic N) is 2. The second-order valence-corrected chi connectivity index (χ2v) is 6.37. The summed E-state index contributed by atoms with van der Waals surface area (Å²) >= 11 is 0. The average Bonchev–Trinajstić information content (AvgIpc) is 3.17. The summed E-state index contributed by atoms with van der Waals surface area (Å²) in [6, 6.07) is 0.449. The first-order valence-electron chi connectivity index (χ1n) is 7.74. The van der Waals surface area contributed by atoms with Crippen molar-refractivity contribution in [2.24, 2.45) is 5.92 Å². The maximum absolute atomic E-state index is 12.8. The lowest BCUT2D eigenvalue weighted by Crippen LogP contribution is -2.36. The zero-order chi connectivity index (χ0) is 14.1. The largest absolute Gasteiger partial charge is 0.334 e. The topological polar surface area (TPSA) is 61.0 Å². The van der Waals surface area contributed by atoms with Gasteiger partial charge in [-0.15, -0.1) is 12.4 Å². The molecule has 1 aliphatic carbocycles. The molecular weight excluding hydrogens is 288 g/mol. The average molecular weight is 313 g/mol. The Labute approximate surface area is 132 Å². The van der Waals surface area contributed by atoms with Crippen LogP contribution in [0.4, 0.5) is 0 Å². The van der Waals surface area contributed by atoms with E-state index in [0.29, 0.717) is 17.7 Å². The Hall–Kier alpha value is -1.07. The fourth-order valence-corrected chi connectivity index (χ4v) is 2.77. The molecule has 3 rings (SSSR count). The van der Waals surface area contributed by atoms with Crippen molar-refractivity contribution < 1.29 is 4.79 Å². The Bertz CT molecular complexity index is 496. The SMILES string of the molecule is CC(C)CCN(C(=O)c1n[nH]c2c1CNCC2)C1CC1.Cl. The van der Waals surface area contributed by atoms with Gasteiger partial charge in [-0.1, -0.05) is 13.8 Å². The summed E-state index contributed by atoms with van der Waals surface area (Å²) in [6.45, 7) is 6.99. The van der Waals surface area contributed by atoms with E-state index in [1.54, 1.807) is 0 Å². The number of carbonyl (C=O) groups is 1. The number of fused-ring (bicyclic) bond motifs is 1. The van der Waals surface area contributed by atoms with E-state index in [1.807, 2.05) is 4.90 Å². The standard InChI is InChI=1S/C15H24N4O.ClH/c1-10(2)6-8-19(11-3-4-11)15(20)14-12-9-16-7-5-13(12)17-18-14;/h10-11,16H,3-9H2,1-2H3,(H,17,18);1H. The molecule has 0 aromatic carbocycles. The third-order valence-electron chi connectivity index (χ3n) is 4.20. The van der Waals surface area contributed by atoms with Crippen LogP contribution in [0, 0.1) is 5.92 Å². The maximum Gasteiger partial charge on any atom is 0.274 e. The van der Waals surface area contributed by atoms with Crippen LogP contribution in [0.25, 0.3) is 0 Å². The number of hydrogen-bond acceptors (Lipinski definition) is 3. The number of nitrogens with one attached hydrogen (secondary N) is 2. The molecule has 0 saturated heterocycles. The molecule has 2 N–H and O–H groups in total. The van der Waals surface area contributed by atoms with E-state index in [1.165, 1.54) is 0 Å². The molecular formula is C15H25ClN4O. The molecule has 2 aliphatic rings. The van der Waals surface area contributed by atoms with Gasteiger partial charge in [0.05, 0.1) is 0 Å². The van der Waals surface area contributed by atoms with Gasteiger partial charge in [-0.25, -0.2) is 0 Å². The summed E-state index contributed by atoms with van der Waals surface area (Å²) in [5.41, 5.74) is 2.85. The summed E-state index contributed by atoms with van der Waals surface area (Å²) in [7, 11) is 0. The van der Waals surface area contributed by atoms with Gasteiger partial charge in [0.15, 0.2) is 5.69 Å². The van der Waals surface area contributed by atoms with Crippen molar-refractivity contribution in [3.63, 3.8) is 0 Å². The second-order valence-electron chi connectivity index (χ2n) is 6.37. The van der Waals surface area contributed by atoms with Crippen molar-refractivity contribution in [2.45, 2.75) is 52.1 Å². The highest BCUT2D eigenvalue weighted by atomic mass is 35.5. The molecule has 1 fully saturated rings. The minimum absolute atomic E-state index is 0. The Morgan fingerprint density at radius 2 is 2.19 bits per heavy atom. The zero-order valence-electron chi connectivity index (χ0n) is 12.8. The maximum atomic E-state index is 12.8. The third-order valence-corrected chi connectivity index (χ3v) is 4.20. The number of amides is 1. The Morgan fingerprint density at radius 3 is 2.86 bits per heavy atom. The van der Waals surface area contributed by atoms with Gasteiger partial charge >= 0.3 is 0 Å². The summed E-state index contributed by atoms with van der Waals surface area (Å²) in [5.74, 6) is 0.744. The van der Waals surface area contributed by atoms with Crippen molar-refractivity contribution in [3.05, 3.63) is 17.0 Å². The fourth-order valence-electron chi connectivity index (χ4n) is 2.77. The Kier molecular flexibility index (Phi) is 5.27. The van der Waals surface area contributed by atoms with Crippen molar-refractivity contribution in [1.29, 1.82) is 0 Å². The number of aromatic amines is 1. The van der Waals surface area contributed by atoms with Crippen LogP contribution in [0.2, 0.25) is 0 Å². The lowest BCUT2D eigenvalue weighted by atomic mass is 10.1. The monoisotopic (exact) mass is 312 g/mol. The lowest BCUT2D eigenvalue weighted by Gasteiger charge is -2.23. The van der Waals surface area contributed by atoms with Gasteiger partial charge in [-0.05, 0) is 25.2 Å². The predicted octanol–water partition coefficient (Wildman–Crippen LogP) is 2.13. The van der Waals surface area contributed by atoms with Crippen molar-refractivity contribution in [1.82, 2.24) is 20.4 Å². The van der Waals surface area contributed by atoms with Crippen molar-refractivity contribution >= 4 is 18.3 Å². The van der Waals surface area contributed by atoms with Crippen LogP contribution in [0.5, 0.6) is 0 Å². The highest BCUT2D eigenvalue weighted by Crippen LogP contribution is 2.29. The summed E-state index contributed by atoms with van der Waals surface area (Å²) in [4.78, 5) is 14.8. The molecule has 2 heterocycles. The number of aromatic nitrogens is 2. The molecule has 1 aliphatic heterocycles. The Morgan fingerprint density at radius 1 is 1.43 bits per heavy atom. The lowest BCUT2D eigenvalue weighted by molar-refractivity contribution is 0.0728. The van der Waals surface area contributed by atoms with E-state index < -0.39 is 0 Å². The second kappa shape index (κ2) is 6.79. The first-order chi connectivity index (χ1) is 9.66. The molecule has 1 saturated carbocycles. The van der Waals surface area contributed by atoms with Gasteiger partial charge in [-0.3, -0.25) is 9.89 Å². The summed E-state index contributed by atoms with van der Waals surface area (Å²) in [5, 5.41) is 10.7. The first kappa shape index (κ1) is 16.3. The molecule has 0 bridgehead atoms. The van der Waals surface area contributed by atoms with Gasteiger partial charge in [0.2, 0.25) is 0 Å². The van der Waals surface area contributed by atoms with E-state index in [9.17, 15) is 4.79 Å². The summed E-state index contributed by atoms with van der Waals surface area (Å²) in [6.07, 6.45) is 4.29. The van der Waals surface area contributed by atoms with E-state index in [4.69, 9.17) is 0 Å². The van der Waals surface area contributed by atoms with Crippen LogP contribution in [-0.4, -0.2) is 40.1 Å². The molecule has 1 amide bonds. The molecule has 21 heavy (non-hydrogen) atoms. The molecule has 1 aromatic heterocycles. The van der Waals surface area contributed by atoms with Crippen LogP contribution in [0.1, 0.15) is 54.9 Å². The highest BCUT2D eigenvalue weighted by molar-refractivity contribution is 5.94. The number of carbonyl (C=O) groups excluding carboxylic acids is 1. The first-order valence-corrected chi connectivity index (χ1v) is 7.74.